The zero-order valence-electron chi connectivity index (χ0n) is 12.6. The van der Waals surface area contributed by atoms with Gasteiger partial charge < -0.3 is 20.1 Å². The quantitative estimate of drug-likeness (QED) is 0.904. The summed E-state index contributed by atoms with van der Waals surface area (Å²) in [5.41, 5.74) is 1.61. The molecule has 23 heavy (non-hydrogen) atoms. The Bertz CT molecular complexity index is 721. The maximum Gasteiger partial charge on any atom is 0.319 e. The lowest BCUT2D eigenvalue weighted by atomic mass is 10.0. The Morgan fingerprint density at radius 1 is 1.30 bits per heavy atom. The van der Waals surface area contributed by atoms with E-state index in [0.717, 1.165) is 17.7 Å². The number of halogens is 1. The lowest BCUT2D eigenvalue weighted by Gasteiger charge is -2.26. The summed E-state index contributed by atoms with van der Waals surface area (Å²) in [4.78, 5) is 12.2. The van der Waals surface area contributed by atoms with E-state index in [1.54, 1.807) is 18.2 Å². The van der Waals surface area contributed by atoms with E-state index < -0.39 is 0 Å². The number of fused-ring (bicyclic) bond motifs is 1. The van der Waals surface area contributed by atoms with Crippen molar-refractivity contribution < 1.29 is 14.3 Å². The zero-order valence-corrected chi connectivity index (χ0v) is 13.4. The number of carbonyl (C=O) groups is 1. The first kappa shape index (κ1) is 15.5. The number of benzene rings is 2. The van der Waals surface area contributed by atoms with E-state index in [4.69, 9.17) is 21.1 Å². The lowest BCUT2D eigenvalue weighted by molar-refractivity contribution is 0.222. The maximum atomic E-state index is 12.2. The Balaban J connectivity index is 1.63. The molecule has 2 N–H and O–H groups in total. The van der Waals surface area contributed by atoms with Crippen LogP contribution < -0.4 is 20.1 Å². The van der Waals surface area contributed by atoms with Crippen molar-refractivity contribution in [3.05, 3.63) is 53.1 Å². The predicted octanol–water partition coefficient (Wildman–Crippen LogP) is 3.47. The van der Waals surface area contributed by atoms with E-state index in [-0.39, 0.29) is 12.1 Å². The van der Waals surface area contributed by atoms with Gasteiger partial charge in [-0.15, -0.1) is 0 Å². The normalized spacial score (nSPS) is 16.0. The fourth-order valence-electron chi connectivity index (χ4n) is 2.54. The molecule has 120 valence electrons. The van der Waals surface area contributed by atoms with Crippen molar-refractivity contribution in [1.29, 1.82) is 0 Å². The third kappa shape index (κ3) is 3.68. The molecular weight excluding hydrogens is 316 g/mol. The van der Waals surface area contributed by atoms with Crippen molar-refractivity contribution in [2.45, 2.75) is 12.5 Å². The minimum Gasteiger partial charge on any atom is -0.495 e. The summed E-state index contributed by atoms with van der Waals surface area (Å²) in [5, 5.41) is 6.19. The van der Waals surface area contributed by atoms with Crippen molar-refractivity contribution in [2.24, 2.45) is 0 Å². The minimum absolute atomic E-state index is 0.0879. The molecule has 2 aromatic carbocycles. The van der Waals surface area contributed by atoms with Crippen molar-refractivity contribution in [1.82, 2.24) is 5.32 Å². The van der Waals surface area contributed by atoms with Gasteiger partial charge in [0.25, 0.3) is 0 Å². The summed E-state index contributed by atoms with van der Waals surface area (Å²) in [6, 6.07) is 12.5. The van der Waals surface area contributed by atoms with Crippen LogP contribution in [0.3, 0.4) is 0 Å². The number of urea groups is 1. The fourth-order valence-corrected chi connectivity index (χ4v) is 2.71. The van der Waals surface area contributed by atoms with Gasteiger partial charge in [0.15, 0.2) is 0 Å². The fraction of sp³-hybridized carbons (Fsp3) is 0.235. The van der Waals surface area contributed by atoms with E-state index >= 15 is 0 Å². The molecule has 0 bridgehead atoms. The minimum atomic E-state index is -0.321. The van der Waals surface area contributed by atoms with E-state index in [0.29, 0.717) is 23.1 Å². The number of anilines is 1. The van der Waals surface area contributed by atoms with Crippen LogP contribution in [0.5, 0.6) is 11.5 Å². The first-order valence-corrected chi connectivity index (χ1v) is 7.65. The number of methoxy groups -OCH3 is 1. The molecule has 1 heterocycles. The number of nitrogens with one attached hydrogen (secondary N) is 2. The number of amides is 2. The van der Waals surface area contributed by atoms with Gasteiger partial charge in [-0.3, -0.25) is 0 Å². The molecule has 1 aliphatic heterocycles. The van der Waals surface area contributed by atoms with Crippen LogP contribution in [0.15, 0.2) is 42.5 Å². The Labute approximate surface area is 139 Å². The molecule has 2 aromatic rings. The monoisotopic (exact) mass is 332 g/mol. The molecule has 5 nitrogen and oxygen atoms in total. The highest BCUT2D eigenvalue weighted by atomic mass is 35.5. The van der Waals surface area contributed by atoms with E-state index in [2.05, 4.69) is 10.6 Å². The second-order valence-electron chi connectivity index (χ2n) is 5.26. The molecule has 0 saturated carbocycles. The van der Waals surface area contributed by atoms with Gasteiger partial charge in [0.2, 0.25) is 0 Å². The van der Waals surface area contributed by atoms with Crippen LogP contribution in [0.2, 0.25) is 5.02 Å². The second-order valence-corrected chi connectivity index (χ2v) is 5.70. The highest BCUT2D eigenvalue weighted by Crippen LogP contribution is 2.28. The molecule has 6 heteroatoms. The van der Waals surface area contributed by atoms with Crippen molar-refractivity contribution in [2.75, 3.05) is 19.0 Å². The van der Waals surface area contributed by atoms with Crippen LogP contribution in [0.1, 0.15) is 5.56 Å². The van der Waals surface area contributed by atoms with Crippen LogP contribution in [0.4, 0.5) is 10.5 Å². The SMILES string of the molecule is COc1ccc(Cl)cc1NC(=O)NC1COc2ccccc2C1. The summed E-state index contributed by atoms with van der Waals surface area (Å²) in [5.74, 6) is 1.43. The molecule has 0 aromatic heterocycles. The molecule has 0 spiro atoms. The molecule has 1 unspecified atom stereocenters. The summed E-state index contributed by atoms with van der Waals surface area (Å²) in [6.45, 7) is 0.442. The molecule has 1 aliphatic rings. The number of ether oxygens (including phenoxy) is 2. The predicted molar refractivity (Wildman–Crippen MR) is 89.6 cm³/mol. The molecule has 0 aliphatic carbocycles. The van der Waals surface area contributed by atoms with Crippen molar-refractivity contribution in [3.8, 4) is 11.5 Å². The van der Waals surface area contributed by atoms with E-state index in [9.17, 15) is 4.79 Å². The molecular formula is C17H17ClN2O3. The summed E-state index contributed by atoms with van der Waals surface area (Å²) < 4.78 is 10.9. The van der Waals surface area contributed by atoms with E-state index in [1.807, 2.05) is 24.3 Å². The summed E-state index contributed by atoms with van der Waals surface area (Å²) >= 11 is 5.96. The molecule has 0 radical (unpaired) electrons. The third-order valence-corrected chi connectivity index (χ3v) is 3.86. The number of hydrogen-bond donors (Lipinski definition) is 2. The number of carbonyl (C=O) groups excluding carboxylic acids is 1. The molecule has 2 amide bonds. The molecule has 0 fully saturated rings. The first-order chi connectivity index (χ1) is 11.2. The van der Waals surface area contributed by atoms with Crippen molar-refractivity contribution >= 4 is 23.3 Å². The van der Waals surface area contributed by atoms with Gasteiger partial charge in [-0.25, -0.2) is 4.79 Å². The lowest BCUT2D eigenvalue weighted by Crippen LogP contribution is -2.44. The third-order valence-electron chi connectivity index (χ3n) is 3.62. The Morgan fingerprint density at radius 2 is 2.13 bits per heavy atom. The van der Waals surface area contributed by atoms with Gasteiger partial charge in [0.05, 0.1) is 18.8 Å². The Kier molecular flexibility index (Phi) is 4.57. The Morgan fingerprint density at radius 3 is 2.96 bits per heavy atom. The highest BCUT2D eigenvalue weighted by Gasteiger charge is 2.21. The van der Waals surface area contributed by atoms with Crippen LogP contribution in [0.25, 0.3) is 0 Å². The van der Waals surface area contributed by atoms with Gasteiger partial charge in [0, 0.05) is 5.02 Å². The van der Waals surface area contributed by atoms with Gasteiger partial charge in [-0.05, 0) is 36.2 Å². The average molecular weight is 333 g/mol. The second kappa shape index (κ2) is 6.79. The molecule has 0 saturated heterocycles. The average Bonchev–Trinajstić information content (AvgIpc) is 2.55. The van der Waals surface area contributed by atoms with Crippen LogP contribution >= 0.6 is 11.6 Å². The molecule has 1 atom stereocenters. The van der Waals surface area contributed by atoms with Gasteiger partial charge in [-0.2, -0.15) is 0 Å². The summed E-state index contributed by atoms with van der Waals surface area (Å²) in [6.07, 6.45) is 0.732. The number of hydrogen-bond acceptors (Lipinski definition) is 3. The molecule has 3 rings (SSSR count). The summed E-state index contributed by atoms with van der Waals surface area (Å²) in [7, 11) is 1.54. The van der Waals surface area contributed by atoms with Crippen LogP contribution in [-0.2, 0) is 6.42 Å². The van der Waals surface area contributed by atoms with Crippen molar-refractivity contribution in [3.63, 3.8) is 0 Å². The van der Waals surface area contributed by atoms with Crippen LogP contribution in [-0.4, -0.2) is 25.8 Å². The van der Waals surface area contributed by atoms with Crippen LogP contribution in [0, 0.1) is 0 Å². The first-order valence-electron chi connectivity index (χ1n) is 7.27. The van der Waals surface area contributed by atoms with Gasteiger partial charge in [0.1, 0.15) is 18.1 Å². The maximum absolute atomic E-state index is 12.2. The largest absolute Gasteiger partial charge is 0.495 e. The topological polar surface area (TPSA) is 59.6 Å². The zero-order chi connectivity index (χ0) is 16.2. The Hall–Kier alpha value is -2.40. The number of rotatable bonds is 3. The van der Waals surface area contributed by atoms with Gasteiger partial charge in [-0.1, -0.05) is 29.8 Å². The van der Waals surface area contributed by atoms with Gasteiger partial charge >= 0.3 is 6.03 Å². The van der Waals surface area contributed by atoms with E-state index in [1.165, 1.54) is 7.11 Å². The standard InChI is InChI=1S/C17H17ClN2O3/c1-22-16-7-6-12(18)9-14(16)20-17(21)19-13-8-11-4-2-3-5-15(11)23-10-13/h2-7,9,13H,8,10H2,1H3,(H2,19,20,21). The number of para-hydroxylation sites is 1. The smallest absolute Gasteiger partial charge is 0.319 e. The highest BCUT2D eigenvalue weighted by molar-refractivity contribution is 6.31.